The van der Waals surface area contributed by atoms with Crippen LogP contribution in [0.4, 0.5) is 0 Å². The van der Waals surface area contributed by atoms with Crippen LogP contribution in [0, 0.1) is 0 Å². The van der Waals surface area contributed by atoms with Gasteiger partial charge in [-0.1, -0.05) is 0 Å². The predicted octanol–water partition coefficient (Wildman–Crippen LogP) is 4.47. The summed E-state index contributed by atoms with van der Waals surface area (Å²) in [5.41, 5.74) is 0. The molecule has 3 rings (SSSR count). The first-order chi connectivity index (χ1) is 5.84. The molecule has 12 heavy (non-hydrogen) atoms. The summed E-state index contributed by atoms with van der Waals surface area (Å²) in [5, 5.41) is 2.15. The van der Waals surface area contributed by atoms with Crippen LogP contribution in [-0.4, -0.2) is 0 Å². The molecule has 0 aliphatic heterocycles. The zero-order chi connectivity index (χ0) is 8.13. The standard InChI is InChI=1S/C8H4S4/c9-6-3-5-8(12-6)7-4(11-5)1-2-10-7/h1-3,9H. The first-order valence-electron chi connectivity index (χ1n) is 3.43. The molecule has 0 fully saturated rings. The highest BCUT2D eigenvalue weighted by Crippen LogP contribution is 2.42. The van der Waals surface area contributed by atoms with Crippen LogP contribution in [0.1, 0.15) is 0 Å². The third-order valence-corrected chi connectivity index (χ3v) is 5.52. The van der Waals surface area contributed by atoms with Crippen LogP contribution in [0.5, 0.6) is 0 Å². The quantitative estimate of drug-likeness (QED) is 0.539. The van der Waals surface area contributed by atoms with E-state index in [-0.39, 0.29) is 0 Å². The molecule has 0 saturated carbocycles. The Hall–Kier alpha value is -0.0300. The van der Waals surface area contributed by atoms with Gasteiger partial charge in [-0.25, -0.2) is 0 Å². The molecule has 0 unspecified atom stereocenters. The molecule has 3 heterocycles. The molecule has 0 aromatic carbocycles. The molecule has 0 spiro atoms. The lowest BCUT2D eigenvalue weighted by molar-refractivity contribution is 1.83. The van der Waals surface area contributed by atoms with E-state index < -0.39 is 0 Å². The van der Waals surface area contributed by atoms with E-state index in [1.807, 2.05) is 22.7 Å². The van der Waals surface area contributed by atoms with Gasteiger partial charge in [-0.05, 0) is 17.5 Å². The van der Waals surface area contributed by atoms with Crippen molar-refractivity contribution in [3.63, 3.8) is 0 Å². The number of fused-ring (bicyclic) bond motifs is 3. The molecule has 0 nitrogen and oxygen atoms in total. The van der Waals surface area contributed by atoms with E-state index in [1.54, 1.807) is 11.3 Å². The number of hydrogen-bond acceptors (Lipinski definition) is 4. The molecule has 0 amide bonds. The Bertz CT molecular complexity index is 539. The van der Waals surface area contributed by atoms with Gasteiger partial charge in [0.2, 0.25) is 0 Å². The average Bonchev–Trinajstić information content (AvgIpc) is 2.59. The van der Waals surface area contributed by atoms with E-state index in [2.05, 4.69) is 30.1 Å². The fraction of sp³-hybridized carbons (Fsp3) is 0. The third-order valence-electron chi connectivity index (χ3n) is 1.74. The first-order valence-corrected chi connectivity index (χ1v) is 6.39. The van der Waals surface area contributed by atoms with Crippen LogP contribution < -0.4 is 0 Å². The van der Waals surface area contributed by atoms with Crippen LogP contribution in [0.15, 0.2) is 21.7 Å². The van der Waals surface area contributed by atoms with Crippen molar-refractivity contribution in [1.82, 2.24) is 0 Å². The fourth-order valence-electron chi connectivity index (χ4n) is 1.26. The van der Waals surface area contributed by atoms with E-state index in [0.29, 0.717) is 0 Å². The smallest absolute Gasteiger partial charge is 0.0641 e. The lowest BCUT2D eigenvalue weighted by atomic mass is 10.5. The lowest BCUT2D eigenvalue weighted by Gasteiger charge is -1.74. The summed E-state index contributed by atoms with van der Waals surface area (Å²) in [6.45, 7) is 0. The van der Waals surface area contributed by atoms with E-state index in [9.17, 15) is 0 Å². The number of thiophene rings is 3. The predicted molar refractivity (Wildman–Crippen MR) is 62.3 cm³/mol. The third kappa shape index (κ3) is 0.893. The molecule has 0 radical (unpaired) electrons. The Balaban J connectivity index is 2.64. The van der Waals surface area contributed by atoms with Gasteiger partial charge < -0.3 is 0 Å². The Morgan fingerprint density at radius 2 is 2.00 bits per heavy atom. The van der Waals surface area contributed by atoms with Crippen molar-refractivity contribution in [2.45, 2.75) is 4.21 Å². The second-order valence-electron chi connectivity index (χ2n) is 2.49. The van der Waals surface area contributed by atoms with Gasteiger partial charge in [0.1, 0.15) is 0 Å². The largest absolute Gasteiger partial charge is 0.141 e. The molecule has 4 heteroatoms. The van der Waals surface area contributed by atoms with Crippen molar-refractivity contribution < 1.29 is 0 Å². The molecule has 0 atom stereocenters. The molecule has 0 saturated heterocycles. The van der Waals surface area contributed by atoms with E-state index in [4.69, 9.17) is 0 Å². The number of thiol groups is 1. The Morgan fingerprint density at radius 1 is 1.08 bits per heavy atom. The van der Waals surface area contributed by atoms with Gasteiger partial charge in [0.05, 0.1) is 13.6 Å². The van der Waals surface area contributed by atoms with Crippen molar-refractivity contribution in [2.75, 3.05) is 0 Å². The van der Waals surface area contributed by atoms with E-state index >= 15 is 0 Å². The van der Waals surface area contributed by atoms with Gasteiger partial charge in [0.25, 0.3) is 0 Å². The second kappa shape index (κ2) is 2.48. The maximum Gasteiger partial charge on any atom is 0.0641 e. The number of hydrogen-bond donors (Lipinski definition) is 1. The van der Waals surface area contributed by atoms with Crippen LogP contribution in [-0.2, 0) is 0 Å². The minimum atomic E-state index is 1.12. The fourth-order valence-corrected chi connectivity index (χ4v) is 5.26. The van der Waals surface area contributed by atoms with Gasteiger partial charge in [0, 0.05) is 9.40 Å². The molecule has 0 bridgehead atoms. The van der Waals surface area contributed by atoms with Gasteiger partial charge in [-0.15, -0.1) is 46.6 Å². The summed E-state index contributed by atoms with van der Waals surface area (Å²) in [6.07, 6.45) is 0. The number of rotatable bonds is 0. The Morgan fingerprint density at radius 3 is 2.92 bits per heavy atom. The van der Waals surface area contributed by atoms with Crippen molar-refractivity contribution >= 4 is 65.4 Å². The van der Waals surface area contributed by atoms with Crippen LogP contribution in [0.25, 0.3) is 18.8 Å². The van der Waals surface area contributed by atoms with Crippen molar-refractivity contribution in [1.29, 1.82) is 0 Å². The first kappa shape index (κ1) is 7.38. The van der Waals surface area contributed by atoms with Gasteiger partial charge in [-0.3, -0.25) is 0 Å². The summed E-state index contributed by atoms with van der Waals surface area (Å²) in [4.78, 5) is 0. The summed E-state index contributed by atoms with van der Waals surface area (Å²) in [7, 11) is 0. The summed E-state index contributed by atoms with van der Waals surface area (Å²) in [5.74, 6) is 0. The maximum atomic E-state index is 4.35. The molecule has 0 aliphatic carbocycles. The second-order valence-corrected chi connectivity index (χ2v) is 6.33. The highest BCUT2D eigenvalue weighted by atomic mass is 32.2. The molecule has 0 N–H and O–H groups in total. The SMILES string of the molecule is Sc1cc2sc3ccsc3c2s1. The zero-order valence-electron chi connectivity index (χ0n) is 5.90. The zero-order valence-corrected chi connectivity index (χ0v) is 9.25. The highest BCUT2D eigenvalue weighted by molar-refractivity contribution is 7.83. The van der Waals surface area contributed by atoms with Crippen molar-refractivity contribution in [2.24, 2.45) is 0 Å². The van der Waals surface area contributed by atoms with Crippen LogP contribution in [0.3, 0.4) is 0 Å². The summed E-state index contributed by atoms with van der Waals surface area (Å²) in [6, 6.07) is 4.34. The Kier molecular flexibility index (Phi) is 1.53. The van der Waals surface area contributed by atoms with E-state index in [1.165, 1.54) is 18.8 Å². The molecule has 3 aromatic rings. The maximum absolute atomic E-state index is 4.35. The minimum Gasteiger partial charge on any atom is -0.141 e. The lowest BCUT2D eigenvalue weighted by Crippen LogP contribution is -1.40. The van der Waals surface area contributed by atoms with Crippen LogP contribution >= 0.6 is 46.6 Å². The Labute approximate surface area is 86.9 Å². The molecular formula is C8H4S4. The molecule has 0 aliphatic rings. The van der Waals surface area contributed by atoms with Crippen LogP contribution in [0.2, 0.25) is 0 Å². The molecule has 3 aromatic heterocycles. The van der Waals surface area contributed by atoms with Gasteiger partial charge >= 0.3 is 0 Å². The van der Waals surface area contributed by atoms with Crippen molar-refractivity contribution in [3.8, 4) is 0 Å². The highest BCUT2D eigenvalue weighted by Gasteiger charge is 2.08. The topological polar surface area (TPSA) is 0 Å². The average molecular weight is 228 g/mol. The summed E-state index contributed by atoms with van der Waals surface area (Å²) < 4.78 is 6.75. The van der Waals surface area contributed by atoms with Gasteiger partial charge in [-0.2, -0.15) is 0 Å². The molecule has 60 valence electrons. The molecular weight excluding hydrogens is 224 g/mol. The normalized spacial score (nSPS) is 11.8. The minimum absolute atomic E-state index is 1.12. The summed E-state index contributed by atoms with van der Waals surface area (Å²) >= 11 is 9.81. The van der Waals surface area contributed by atoms with E-state index in [0.717, 1.165) is 4.21 Å². The van der Waals surface area contributed by atoms with Gasteiger partial charge in [0.15, 0.2) is 0 Å². The monoisotopic (exact) mass is 228 g/mol. The van der Waals surface area contributed by atoms with Crippen molar-refractivity contribution in [3.05, 3.63) is 17.5 Å².